The van der Waals surface area contributed by atoms with Crippen molar-refractivity contribution in [3.05, 3.63) is 56.6 Å². The summed E-state index contributed by atoms with van der Waals surface area (Å²) in [6, 6.07) is 6.06. The molecule has 0 bridgehead atoms. The monoisotopic (exact) mass is 222 g/mol. The van der Waals surface area contributed by atoms with E-state index in [1.54, 1.807) is 12.1 Å². The molecule has 0 saturated heterocycles. The molecular formula is C9H8N3O4+. The van der Waals surface area contributed by atoms with Crippen LogP contribution in [0, 0.1) is 10.1 Å². The highest BCUT2D eigenvalue weighted by molar-refractivity contribution is 5.32. The van der Waals surface area contributed by atoms with E-state index in [-0.39, 0.29) is 5.69 Å². The van der Waals surface area contributed by atoms with Crippen LogP contribution < -0.4 is 10.3 Å². The van der Waals surface area contributed by atoms with E-state index in [0.717, 1.165) is 5.56 Å². The van der Waals surface area contributed by atoms with Crippen molar-refractivity contribution in [2.75, 3.05) is 0 Å². The maximum absolute atomic E-state index is 10.7. The number of hydrogen-bond acceptors (Lipinski definition) is 4. The molecule has 1 heterocycles. The Kier molecular flexibility index (Phi) is 2.50. The Hall–Kier alpha value is -2.44. The molecular weight excluding hydrogens is 214 g/mol. The molecule has 0 unspecified atom stereocenters. The van der Waals surface area contributed by atoms with Crippen LogP contribution in [0.1, 0.15) is 5.56 Å². The molecule has 0 spiro atoms. The molecule has 2 aromatic rings. The van der Waals surface area contributed by atoms with Crippen molar-refractivity contribution in [3.8, 4) is 0 Å². The van der Waals surface area contributed by atoms with E-state index >= 15 is 0 Å². The third kappa shape index (κ3) is 2.14. The van der Waals surface area contributed by atoms with Gasteiger partial charge in [-0.15, -0.1) is 0 Å². The number of hydrogen-bond donors (Lipinski definition) is 1. The van der Waals surface area contributed by atoms with Gasteiger partial charge in [-0.25, -0.2) is 4.79 Å². The van der Waals surface area contributed by atoms with E-state index in [0.29, 0.717) is 6.54 Å². The molecule has 1 N–H and O–H groups in total. The van der Waals surface area contributed by atoms with Crippen LogP contribution in [0.25, 0.3) is 0 Å². The third-order valence-corrected chi connectivity index (χ3v) is 2.02. The van der Waals surface area contributed by atoms with Crippen LogP contribution in [-0.2, 0) is 6.54 Å². The van der Waals surface area contributed by atoms with Gasteiger partial charge < -0.3 is 0 Å². The number of rotatable bonds is 3. The Bertz CT molecular complexity index is 555. The SMILES string of the molecule is O=c1c[n+](Cc2ccc([N+](=O)[O-])cc2)[nH]o1. The molecule has 0 amide bonds. The fourth-order valence-corrected chi connectivity index (χ4v) is 1.28. The molecule has 16 heavy (non-hydrogen) atoms. The molecule has 0 aliphatic carbocycles. The number of aromatic nitrogens is 2. The highest BCUT2D eigenvalue weighted by Gasteiger charge is 2.09. The summed E-state index contributed by atoms with van der Waals surface area (Å²) in [5.41, 5.74) is 0.393. The van der Waals surface area contributed by atoms with Crippen LogP contribution in [0.4, 0.5) is 5.69 Å². The van der Waals surface area contributed by atoms with Crippen molar-refractivity contribution in [2.45, 2.75) is 6.54 Å². The second-order valence-corrected chi connectivity index (χ2v) is 3.19. The minimum absolute atomic E-state index is 0.0365. The van der Waals surface area contributed by atoms with E-state index < -0.39 is 10.5 Å². The maximum Gasteiger partial charge on any atom is 0.426 e. The van der Waals surface area contributed by atoms with Crippen molar-refractivity contribution >= 4 is 5.69 Å². The van der Waals surface area contributed by atoms with Gasteiger partial charge in [0.25, 0.3) is 11.9 Å². The zero-order valence-corrected chi connectivity index (χ0v) is 8.12. The van der Waals surface area contributed by atoms with Gasteiger partial charge in [0.05, 0.1) is 4.92 Å². The fourth-order valence-electron chi connectivity index (χ4n) is 1.28. The summed E-state index contributed by atoms with van der Waals surface area (Å²) in [6.45, 7) is 0.393. The molecule has 7 nitrogen and oxygen atoms in total. The van der Waals surface area contributed by atoms with Crippen LogP contribution in [-0.4, -0.2) is 10.2 Å². The van der Waals surface area contributed by atoms with E-state index in [1.165, 1.54) is 23.0 Å². The van der Waals surface area contributed by atoms with Crippen molar-refractivity contribution in [1.82, 2.24) is 5.27 Å². The summed E-state index contributed by atoms with van der Waals surface area (Å²) in [5.74, 6) is 0. The second kappa shape index (κ2) is 3.97. The zero-order valence-electron chi connectivity index (χ0n) is 8.12. The summed E-state index contributed by atoms with van der Waals surface area (Å²) >= 11 is 0. The molecule has 7 heteroatoms. The topological polar surface area (TPSA) is 93.0 Å². The molecule has 82 valence electrons. The van der Waals surface area contributed by atoms with Crippen LogP contribution >= 0.6 is 0 Å². The molecule has 0 radical (unpaired) electrons. The molecule has 0 fully saturated rings. The number of nitrogens with zero attached hydrogens (tertiary/aromatic N) is 2. The standard InChI is InChI=1S/C9H7N3O4/c13-9-6-11(10-16-9)5-7-1-3-8(4-2-7)12(14)15/h1-4,6H,5H2/p+1. The first-order chi connectivity index (χ1) is 7.65. The minimum atomic E-state index is -0.470. The normalized spacial score (nSPS) is 10.2. The van der Waals surface area contributed by atoms with Gasteiger partial charge in [-0.1, -0.05) is 4.68 Å². The predicted octanol–water partition coefficient (Wildman–Crippen LogP) is 0.212. The summed E-state index contributed by atoms with van der Waals surface area (Å²) in [6.07, 6.45) is 1.27. The number of benzene rings is 1. The number of non-ortho nitro benzene ring substituents is 1. The van der Waals surface area contributed by atoms with Crippen LogP contribution in [0.3, 0.4) is 0 Å². The van der Waals surface area contributed by atoms with Gasteiger partial charge in [0, 0.05) is 17.7 Å². The molecule has 2 rings (SSSR count). The van der Waals surface area contributed by atoms with Crippen molar-refractivity contribution in [2.24, 2.45) is 0 Å². The Morgan fingerprint density at radius 3 is 2.56 bits per heavy atom. The lowest BCUT2D eigenvalue weighted by Crippen LogP contribution is -2.35. The zero-order chi connectivity index (χ0) is 11.5. The highest BCUT2D eigenvalue weighted by Crippen LogP contribution is 2.11. The highest BCUT2D eigenvalue weighted by atomic mass is 16.6. The number of nitro benzene ring substituents is 1. The lowest BCUT2D eigenvalue weighted by Gasteiger charge is -1.93. The fraction of sp³-hybridized carbons (Fsp3) is 0.111. The Morgan fingerprint density at radius 2 is 2.06 bits per heavy atom. The first-order valence-electron chi connectivity index (χ1n) is 4.46. The van der Waals surface area contributed by atoms with Crippen molar-refractivity contribution in [1.29, 1.82) is 0 Å². The molecule has 1 aromatic heterocycles. The average Bonchev–Trinajstić information content (AvgIpc) is 2.65. The Morgan fingerprint density at radius 1 is 1.38 bits per heavy atom. The number of aromatic amines is 1. The van der Waals surface area contributed by atoms with Gasteiger partial charge in [0.2, 0.25) is 6.54 Å². The van der Waals surface area contributed by atoms with Crippen LogP contribution in [0.5, 0.6) is 0 Å². The van der Waals surface area contributed by atoms with Crippen molar-refractivity contribution in [3.63, 3.8) is 0 Å². The lowest BCUT2D eigenvalue weighted by molar-refractivity contribution is -0.754. The first-order valence-corrected chi connectivity index (χ1v) is 4.46. The minimum Gasteiger partial charge on any atom is -0.284 e. The van der Waals surface area contributed by atoms with E-state index in [9.17, 15) is 14.9 Å². The predicted molar refractivity (Wildman–Crippen MR) is 51.7 cm³/mol. The molecule has 0 aliphatic heterocycles. The molecule has 0 atom stereocenters. The summed E-state index contributed by atoms with van der Waals surface area (Å²) in [5, 5.41) is 12.8. The van der Waals surface area contributed by atoms with Crippen LogP contribution in [0.2, 0.25) is 0 Å². The summed E-state index contributed by atoms with van der Waals surface area (Å²) in [4.78, 5) is 20.7. The quantitative estimate of drug-likeness (QED) is 0.456. The molecule has 0 saturated carbocycles. The summed E-state index contributed by atoms with van der Waals surface area (Å²) in [7, 11) is 0. The Labute approximate surface area is 89.0 Å². The van der Waals surface area contributed by atoms with Gasteiger partial charge in [-0.2, -0.15) is 0 Å². The third-order valence-electron chi connectivity index (χ3n) is 2.02. The number of nitrogens with one attached hydrogen (secondary N) is 1. The van der Waals surface area contributed by atoms with E-state index in [2.05, 4.69) is 9.79 Å². The van der Waals surface area contributed by atoms with Gasteiger partial charge >= 0.3 is 5.63 Å². The van der Waals surface area contributed by atoms with E-state index in [4.69, 9.17) is 0 Å². The lowest BCUT2D eigenvalue weighted by atomic mass is 10.2. The van der Waals surface area contributed by atoms with Gasteiger partial charge in [-0.3, -0.25) is 14.6 Å². The second-order valence-electron chi connectivity index (χ2n) is 3.19. The van der Waals surface area contributed by atoms with E-state index in [1.807, 2.05) is 0 Å². The molecule has 1 aromatic carbocycles. The molecule has 0 aliphatic rings. The van der Waals surface area contributed by atoms with Gasteiger partial charge in [0.15, 0.2) is 0 Å². The maximum atomic E-state index is 10.7. The summed E-state index contributed by atoms with van der Waals surface area (Å²) < 4.78 is 5.92. The van der Waals surface area contributed by atoms with Gasteiger partial charge in [-0.05, 0) is 17.4 Å². The van der Waals surface area contributed by atoms with Gasteiger partial charge in [0.1, 0.15) is 0 Å². The van der Waals surface area contributed by atoms with Crippen molar-refractivity contribution < 1.29 is 14.1 Å². The number of H-pyrrole nitrogens is 1. The Balaban J connectivity index is 2.17. The average molecular weight is 222 g/mol. The first kappa shape index (κ1) is 10.1. The smallest absolute Gasteiger partial charge is 0.284 e. The van der Waals surface area contributed by atoms with Crippen LogP contribution in [0.15, 0.2) is 39.8 Å². The number of nitro groups is 1. The largest absolute Gasteiger partial charge is 0.426 e.